The smallest absolute Gasteiger partial charge is 0.311 e. The van der Waals surface area contributed by atoms with Gasteiger partial charge in [-0.25, -0.2) is 0 Å². The second-order valence-corrected chi connectivity index (χ2v) is 6.08. The lowest BCUT2D eigenvalue weighted by atomic mass is 10.1. The lowest BCUT2D eigenvalue weighted by Gasteiger charge is -2.06. The minimum Gasteiger partial charge on any atom is -0.487 e. The van der Waals surface area contributed by atoms with Gasteiger partial charge >= 0.3 is 5.69 Å². The molecule has 0 unspecified atom stereocenters. The zero-order valence-electron chi connectivity index (χ0n) is 13.6. The van der Waals surface area contributed by atoms with E-state index in [1.807, 2.05) is 19.1 Å². The quantitative estimate of drug-likeness (QED) is 0.408. The zero-order chi connectivity index (χ0) is 18.2. The molecule has 0 atom stereocenters. The summed E-state index contributed by atoms with van der Waals surface area (Å²) in [7, 11) is 0. The van der Waals surface area contributed by atoms with Crippen molar-refractivity contribution in [1.82, 2.24) is 0 Å². The maximum absolute atomic E-state index is 12.0. The summed E-state index contributed by atoms with van der Waals surface area (Å²) in [4.78, 5) is 22.6. The molecule has 0 saturated carbocycles. The van der Waals surface area contributed by atoms with Gasteiger partial charge in [-0.1, -0.05) is 35.0 Å². The molecule has 2 aromatic rings. The van der Waals surface area contributed by atoms with Crippen LogP contribution in [0.25, 0.3) is 6.08 Å². The summed E-state index contributed by atoms with van der Waals surface area (Å²) in [6.07, 6.45) is 3.60. The van der Waals surface area contributed by atoms with Gasteiger partial charge in [-0.05, 0) is 42.3 Å². The van der Waals surface area contributed by atoms with Gasteiger partial charge < -0.3 is 10.1 Å². The first-order valence-electron chi connectivity index (χ1n) is 7.65. The van der Waals surface area contributed by atoms with Gasteiger partial charge in [-0.15, -0.1) is 0 Å². The van der Waals surface area contributed by atoms with E-state index < -0.39 is 4.92 Å². The summed E-state index contributed by atoms with van der Waals surface area (Å²) in [5.41, 5.74) is 1.07. The number of nitro groups is 1. The molecule has 0 bridgehead atoms. The number of nitrogens with zero attached hydrogens (tertiary/aromatic N) is 1. The zero-order valence-corrected chi connectivity index (χ0v) is 15.2. The first kappa shape index (κ1) is 18.7. The molecular formula is C18H17BrN2O4. The van der Waals surface area contributed by atoms with E-state index in [9.17, 15) is 14.9 Å². The fourth-order valence-electron chi connectivity index (χ4n) is 2.04. The van der Waals surface area contributed by atoms with Crippen molar-refractivity contribution in [2.45, 2.75) is 13.3 Å². The molecule has 25 heavy (non-hydrogen) atoms. The summed E-state index contributed by atoms with van der Waals surface area (Å²) in [5.74, 6) is -0.102. The second-order valence-electron chi connectivity index (χ2n) is 5.17. The Morgan fingerprint density at radius 1 is 1.32 bits per heavy atom. The van der Waals surface area contributed by atoms with Crippen molar-refractivity contribution in [3.63, 3.8) is 0 Å². The van der Waals surface area contributed by atoms with Gasteiger partial charge in [0, 0.05) is 22.3 Å². The van der Waals surface area contributed by atoms with Crippen LogP contribution in [0.5, 0.6) is 5.75 Å². The number of ether oxygens (including phenoxy) is 1. The number of hydrogen-bond donors (Lipinski definition) is 1. The van der Waals surface area contributed by atoms with Crippen LogP contribution in [0, 0.1) is 10.1 Å². The van der Waals surface area contributed by atoms with Crippen molar-refractivity contribution < 1.29 is 14.5 Å². The Labute approximate surface area is 153 Å². The second kappa shape index (κ2) is 8.98. The fourth-order valence-corrected chi connectivity index (χ4v) is 2.44. The van der Waals surface area contributed by atoms with Crippen LogP contribution in [-0.4, -0.2) is 17.4 Å². The van der Waals surface area contributed by atoms with Crippen molar-refractivity contribution in [3.05, 3.63) is 68.7 Å². The van der Waals surface area contributed by atoms with Crippen molar-refractivity contribution in [2.75, 3.05) is 11.9 Å². The predicted molar refractivity (Wildman–Crippen MR) is 101 cm³/mol. The topological polar surface area (TPSA) is 81.5 Å². The first-order valence-corrected chi connectivity index (χ1v) is 8.44. The van der Waals surface area contributed by atoms with Crippen molar-refractivity contribution in [3.8, 4) is 5.75 Å². The Morgan fingerprint density at radius 3 is 2.80 bits per heavy atom. The van der Waals surface area contributed by atoms with Crippen LogP contribution in [-0.2, 0) is 4.79 Å². The predicted octanol–water partition coefficient (Wildman–Crippen LogP) is 4.80. The van der Waals surface area contributed by atoms with Crippen molar-refractivity contribution in [1.29, 1.82) is 0 Å². The number of carbonyl (C=O) groups excluding carboxylic acids is 1. The molecule has 0 spiro atoms. The minimum atomic E-state index is -0.496. The molecule has 6 nitrogen and oxygen atoms in total. The molecule has 1 N–H and O–H groups in total. The highest BCUT2D eigenvalue weighted by Gasteiger charge is 2.15. The number of nitrogens with one attached hydrogen (secondary N) is 1. The molecule has 0 aliphatic rings. The Kier molecular flexibility index (Phi) is 6.71. The van der Waals surface area contributed by atoms with Crippen LogP contribution in [0.4, 0.5) is 11.4 Å². The van der Waals surface area contributed by atoms with Crippen LogP contribution in [0.1, 0.15) is 18.9 Å². The monoisotopic (exact) mass is 404 g/mol. The SMILES string of the molecule is CCCOc1ccc(/C=C/C(=O)Nc2cccc(Br)c2)cc1[N+](=O)[O-]. The molecule has 0 aliphatic heterocycles. The molecule has 0 aromatic heterocycles. The maximum atomic E-state index is 12.0. The van der Waals surface area contributed by atoms with Crippen molar-refractivity contribution in [2.24, 2.45) is 0 Å². The molecule has 0 fully saturated rings. The van der Waals surface area contributed by atoms with Gasteiger partial charge in [0.2, 0.25) is 5.91 Å². The molecule has 7 heteroatoms. The Balaban J connectivity index is 2.10. The van der Waals surface area contributed by atoms with E-state index in [2.05, 4.69) is 21.2 Å². The Bertz CT molecular complexity index is 805. The van der Waals surface area contributed by atoms with Crippen LogP contribution in [0.3, 0.4) is 0 Å². The highest BCUT2D eigenvalue weighted by molar-refractivity contribution is 9.10. The highest BCUT2D eigenvalue weighted by atomic mass is 79.9. The van der Waals surface area contributed by atoms with E-state index in [1.165, 1.54) is 18.2 Å². The van der Waals surface area contributed by atoms with Gasteiger partial charge in [0.1, 0.15) is 0 Å². The van der Waals surface area contributed by atoms with E-state index in [1.54, 1.807) is 24.3 Å². The summed E-state index contributed by atoms with van der Waals surface area (Å²) in [6, 6.07) is 11.8. The summed E-state index contributed by atoms with van der Waals surface area (Å²) >= 11 is 3.33. The van der Waals surface area contributed by atoms with Crippen LogP contribution < -0.4 is 10.1 Å². The summed E-state index contributed by atoms with van der Waals surface area (Å²) < 4.78 is 6.22. The van der Waals surface area contributed by atoms with Crippen LogP contribution in [0.2, 0.25) is 0 Å². The highest BCUT2D eigenvalue weighted by Crippen LogP contribution is 2.28. The number of benzene rings is 2. The van der Waals surface area contributed by atoms with Gasteiger partial charge in [0.05, 0.1) is 11.5 Å². The van der Waals surface area contributed by atoms with E-state index in [-0.39, 0.29) is 17.3 Å². The lowest BCUT2D eigenvalue weighted by molar-refractivity contribution is -0.385. The molecule has 0 aliphatic carbocycles. The largest absolute Gasteiger partial charge is 0.487 e. The summed E-state index contributed by atoms with van der Waals surface area (Å²) in [5, 5.41) is 13.9. The third-order valence-corrected chi connectivity index (χ3v) is 3.65. The molecule has 2 rings (SSSR count). The van der Waals surface area contributed by atoms with Gasteiger partial charge in [-0.3, -0.25) is 14.9 Å². The molecule has 130 valence electrons. The van der Waals surface area contributed by atoms with Crippen LogP contribution in [0.15, 0.2) is 53.0 Å². The molecular weight excluding hydrogens is 388 g/mol. The van der Waals surface area contributed by atoms with E-state index in [0.29, 0.717) is 17.9 Å². The molecule has 2 aromatic carbocycles. The number of halogens is 1. The normalized spacial score (nSPS) is 10.6. The standard InChI is InChI=1S/C18H17BrN2O4/c1-2-10-25-17-8-6-13(11-16(17)21(23)24)7-9-18(22)20-15-5-3-4-14(19)12-15/h3-9,11-12H,2,10H2,1H3,(H,20,22)/b9-7+. The number of nitro benzene ring substituents is 1. The number of carbonyl (C=O) groups is 1. The third kappa shape index (κ3) is 5.72. The molecule has 1 amide bonds. The van der Waals surface area contributed by atoms with E-state index >= 15 is 0 Å². The number of anilines is 1. The fraction of sp³-hybridized carbons (Fsp3) is 0.167. The van der Waals surface area contributed by atoms with Gasteiger partial charge in [0.25, 0.3) is 0 Å². The minimum absolute atomic E-state index is 0.122. The van der Waals surface area contributed by atoms with Gasteiger partial charge in [-0.2, -0.15) is 0 Å². The number of rotatable bonds is 7. The average molecular weight is 405 g/mol. The first-order chi connectivity index (χ1) is 12.0. The molecule has 0 saturated heterocycles. The Hall–Kier alpha value is -2.67. The maximum Gasteiger partial charge on any atom is 0.311 e. The average Bonchev–Trinajstić information content (AvgIpc) is 2.58. The van der Waals surface area contributed by atoms with Crippen LogP contribution >= 0.6 is 15.9 Å². The third-order valence-electron chi connectivity index (χ3n) is 3.16. The number of amides is 1. The Morgan fingerprint density at radius 2 is 2.12 bits per heavy atom. The molecule has 0 radical (unpaired) electrons. The lowest BCUT2D eigenvalue weighted by Crippen LogP contribution is -2.07. The van der Waals surface area contributed by atoms with E-state index in [0.717, 1.165) is 10.9 Å². The van der Waals surface area contributed by atoms with Gasteiger partial charge in [0.15, 0.2) is 5.75 Å². The summed E-state index contributed by atoms with van der Waals surface area (Å²) in [6.45, 7) is 2.33. The molecule has 0 heterocycles. The van der Waals surface area contributed by atoms with E-state index in [4.69, 9.17) is 4.74 Å². The van der Waals surface area contributed by atoms with Crippen molar-refractivity contribution >= 4 is 39.3 Å². The number of hydrogen-bond acceptors (Lipinski definition) is 4.